The van der Waals surface area contributed by atoms with Crippen molar-refractivity contribution in [2.45, 2.75) is 52.5 Å². The normalized spacial score (nSPS) is 18.9. The minimum absolute atomic E-state index is 0.115. The average molecular weight is 395 g/mol. The second-order valence-corrected chi connectivity index (χ2v) is 9.85. The quantitative estimate of drug-likeness (QED) is 0.711. The van der Waals surface area contributed by atoms with Crippen molar-refractivity contribution in [2.24, 2.45) is 5.41 Å². The average Bonchev–Trinajstić information content (AvgIpc) is 2.96. The Morgan fingerprint density at radius 3 is 2.48 bits per heavy atom. The SMILES string of the molecule is Cc1cccc(CN2CCC3(CC2)CN(C(=O)C(C)(C)C)c2ccc(F)cc23)c1. The van der Waals surface area contributed by atoms with E-state index in [2.05, 4.69) is 36.1 Å². The molecule has 0 aliphatic carbocycles. The van der Waals surface area contributed by atoms with E-state index >= 15 is 0 Å². The fraction of sp³-hybridized carbons (Fsp3) is 0.480. The molecule has 0 saturated carbocycles. The van der Waals surface area contributed by atoms with Crippen molar-refractivity contribution in [3.8, 4) is 0 Å². The molecule has 2 aromatic rings. The van der Waals surface area contributed by atoms with Crippen molar-refractivity contribution in [3.63, 3.8) is 0 Å². The van der Waals surface area contributed by atoms with Crippen molar-refractivity contribution in [3.05, 3.63) is 65.0 Å². The van der Waals surface area contributed by atoms with Gasteiger partial charge < -0.3 is 4.90 Å². The summed E-state index contributed by atoms with van der Waals surface area (Å²) in [5.74, 6) is -0.0974. The number of benzene rings is 2. The van der Waals surface area contributed by atoms with Crippen LogP contribution in [0.5, 0.6) is 0 Å². The molecule has 1 spiro atoms. The van der Waals surface area contributed by atoms with Gasteiger partial charge >= 0.3 is 0 Å². The molecule has 29 heavy (non-hydrogen) atoms. The third-order valence-electron chi connectivity index (χ3n) is 6.47. The largest absolute Gasteiger partial charge is 0.311 e. The van der Waals surface area contributed by atoms with Crippen LogP contribution in [0.1, 0.15) is 50.3 Å². The van der Waals surface area contributed by atoms with Gasteiger partial charge in [0.2, 0.25) is 5.91 Å². The second-order valence-electron chi connectivity index (χ2n) is 9.85. The standard InChI is InChI=1S/C25H31FN2O/c1-18-6-5-7-19(14-18)16-27-12-10-25(11-13-27)17-28(23(29)24(2,3)4)22-9-8-20(26)15-21(22)25/h5-9,14-15H,10-13,16-17H2,1-4H3. The van der Waals surface area contributed by atoms with Crippen molar-refractivity contribution in [1.29, 1.82) is 0 Å². The van der Waals surface area contributed by atoms with E-state index in [4.69, 9.17) is 0 Å². The van der Waals surface area contributed by atoms with Crippen molar-refractivity contribution < 1.29 is 9.18 Å². The third kappa shape index (κ3) is 3.83. The first kappa shape index (κ1) is 20.1. The number of amides is 1. The lowest BCUT2D eigenvalue weighted by molar-refractivity contribution is -0.125. The number of carbonyl (C=O) groups excluding carboxylic acids is 1. The molecule has 2 aliphatic heterocycles. The van der Waals surface area contributed by atoms with Gasteiger partial charge in [-0.15, -0.1) is 0 Å². The minimum Gasteiger partial charge on any atom is -0.311 e. The van der Waals surface area contributed by atoms with E-state index < -0.39 is 5.41 Å². The minimum atomic E-state index is -0.455. The number of carbonyl (C=O) groups is 1. The molecule has 154 valence electrons. The number of aryl methyl sites for hydroxylation is 1. The number of fused-ring (bicyclic) bond motifs is 2. The van der Waals surface area contributed by atoms with Crippen LogP contribution < -0.4 is 4.90 Å². The number of likely N-dealkylation sites (tertiary alicyclic amines) is 1. The lowest BCUT2D eigenvalue weighted by Gasteiger charge is -2.40. The van der Waals surface area contributed by atoms with Gasteiger partial charge in [0.15, 0.2) is 0 Å². The molecule has 1 amide bonds. The van der Waals surface area contributed by atoms with Crippen molar-refractivity contribution in [2.75, 3.05) is 24.5 Å². The maximum atomic E-state index is 14.2. The summed E-state index contributed by atoms with van der Waals surface area (Å²) in [6.07, 6.45) is 1.90. The highest BCUT2D eigenvalue weighted by molar-refractivity contribution is 5.99. The van der Waals surface area contributed by atoms with Crippen LogP contribution in [0.2, 0.25) is 0 Å². The summed E-state index contributed by atoms with van der Waals surface area (Å²) in [7, 11) is 0. The predicted octanol–water partition coefficient (Wildman–Crippen LogP) is 5.06. The van der Waals surface area contributed by atoms with Gasteiger partial charge in [0.25, 0.3) is 0 Å². The van der Waals surface area contributed by atoms with Crippen molar-refractivity contribution in [1.82, 2.24) is 4.90 Å². The summed E-state index contributed by atoms with van der Waals surface area (Å²) in [6, 6.07) is 13.6. The summed E-state index contributed by atoms with van der Waals surface area (Å²) < 4.78 is 14.2. The number of hydrogen-bond donors (Lipinski definition) is 0. The first-order valence-electron chi connectivity index (χ1n) is 10.6. The third-order valence-corrected chi connectivity index (χ3v) is 6.47. The van der Waals surface area contributed by atoms with Crippen molar-refractivity contribution >= 4 is 11.6 Å². The Labute approximate surface area is 173 Å². The zero-order chi connectivity index (χ0) is 20.8. The van der Waals surface area contributed by atoms with E-state index in [0.717, 1.165) is 43.7 Å². The smallest absolute Gasteiger partial charge is 0.232 e. The highest BCUT2D eigenvalue weighted by Crippen LogP contribution is 2.48. The molecule has 2 aromatic carbocycles. The van der Waals surface area contributed by atoms with E-state index in [1.807, 2.05) is 25.7 Å². The molecule has 4 rings (SSSR count). The number of halogens is 1. The van der Waals surface area contributed by atoms with Crippen LogP contribution in [0.4, 0.5) is 10.1 Å². The molecule has 4 heteroatoms. The zero-order valence-electron chi connectivity index (χ0n) is 18.0. The Morgan fingerprint density at radius 1 is 1.10 bits per heavy atom. The Balaban J connectivity index is 1.56. The summed E-state index contributed by atoms with van der Waals surface area (Å²) in [5.41, 5.74) is 3.95. The predicted molar refractivity (Wildman–Crippen MR) is 116 cm³/mol. The van der Waals surface area contributed by atoms with E-state index in [9.17, 15) is 9.18 Å². The van der Waals surface area contributed by atoms with Gasteiger partial charge in [-0.3, -0.25) is 9.69 Å². The molecule has 3 nitrogen and oxygen atoms in total. The first-order chi connectivity index (χ1) is 13.7. The zero-order valence-corrected chi connectivity index (χ0v) is 18.0. The van der Waals surface area contributed by atoms with Gasteiger partial charge in [-0.1, -0.05) is 50.6 Å². The Kier molecular flexibility index (Phi) is 5.02. The van der Waals surface area contributed by atoms with Crippen LogP contribution in [0, 0.1) is 18.2 Å². The molecule has 0 unspecified atom stereocenters. The summed E-state index contributed by atoms with van der Waals surface area (Å²) in [4.78, 5) is 17.5. The summed E-state index contributed by atoms with van der Waals surface area (Å²) >= 11 is 0. The van der Waals surface area contributed by atoms with Crippen LogP contribution in [0.25, 0.3) is 0 Å². The monoisotopic (exact) mass is 394 g/mol. The Bertz CT molecular complexity index is 923. The van der Waals surface area contributed by atoms with Gasteiger partial charge in [0, 0.05) is 29.6 Å². The molecular weight excluding hydrogens is 363 g/mol. The topological polar surface area (TPSA) is 23.6 Å². The fourth-order valence-corrected chi connectivity index (χ4v) is 4.86. The number of hydrogen-bond acceptors (Lipinski definition) is 2. The molecule has 1 saturated heterocycles. The molecule has 0 N–H and O–H groups in total. The van der Waals surface area contributed by atoms with Crippen LogP contribution in [-0.4, -0.2) is 30.4 Å². The first-order valence-corrected chi connectivity index (χ1v) is 10.6. The Morgan fingerprint density at radius 2 is 1.83 bits per heavy atom. The van der Waals surface area contributed by atoms with E-state index in [1.165, 1.54) is 17.2 Å². The maximum Gasteiger partial charge on any atom is 0.232 e. The molecule has 0 radical (unpaired) electrons. The highest BCUT2D eigenvalue weighted by atomic mass is 19.1. The molecule has 0 atom stereocenters. The number of nitrogens with zero attached hydrogens (tertiary/aromatic N) is 2. The van der Waals surface area contributed by atoms with Gasteiger partial charge in [0.1, 0.15) is 5.82 Å². The lowest BCUT2D eigenvalue weighted by Crippen LogP contribution is -2.47. The second kappa shape index (κ2) is 7.24. The summed E-state index contributed by atoms with van der Waals surface area (Å²) in [6.45, 7) is 11.5. The molecular formula is C25H31FN2O. The van der Waals surface area contributed by atoms with Gasteiger partial charge in [-0.05, 0) is 62.2 Å². The number of rotatable bonds is 2. The molecule has 1 fully saturated rings. The molecule has 0 aromatic heterocycles. The fourth-order valence-electron chi connectivity index (χ4n) is 4.86. The van der Waals surface area contributed by atoms with Gasteiger partial charge in [-0.2, -0.15) is 0 Å². The summed E-state index contributed by atoms with van der Waals surface area (Å²) in [5, 5.41) is 0. The number of piperidine rings is 1. The van der Waals surface area contributed by atoms with Crippen LogP contribution in [0.3, 0.4) is 0 Å². The van der Waals surface area contributed by atoms with Crippen LogP contribution in [0.15, 0.2) is 42.5 Å². The lowest BCUT2D eigenvalue weighted by atomic mass is 9.74. The molecule has 2 heterocycles. The van der Waals surface area contributed by atoms with Gasteiger partial charge in [-0.25, -0.2) is 4.39 Å². The van der Waals surface area contributed by atoms with Gasteiger partial charge in [0.05, 0.1) is 0 Å². The van der Waals surface area contributed by atoms with Crippen LogP contribution in [-0.2, 0) is 16.8 Å². The van der Waals surface area contributed by atoms with E-state index in [0.29, 0.717) is 6.54 Å². The van der Waals surface area contributed by atoms with Crippen LogP contribution >= 0.6 is 0 Å². The van der Waals surface area contributed by atoms with E-state index in [1.54, 1.807) is 12.1 Å². The molecule has 0 bridgehead atoms. The van der Waals surface area contributed by atoms with E-state index in [-0.39, 0.29) is 17.1 Å². The Hall–Kier alpha value is -2.20. The number of anilines is 1. The highest BCUT2D eigenvalue weighted by Gasteiger charge is 2.47. The molecule has 2 aliphatic rings. The maximum absolute atomic E-state index is 14.2.